The summed E-state index contributed by atoms with van der Waals surface area (Å²) in [5.41, 5.74) is 2.14. The number of carbonyl (C=O) groups excluding carboxylic acids is 1. The largest absolute Gasteiger partial charge is 0.351 e. The summed E-state index contributed by atoms with van der Waals surface area (Å²) in [7, 11) is 0. The van der Waals surface area contributed by atoms with Gasteiger partial charge in [0.15, 0.2) is 0 Å². The Morgan fingerprint density at radius 1 is 1.36 bits per heavy atom. The average molecular weight is 354 g/mol. The van der Waals surface area contributed by atoms with Gasteiger partial charge in [0.05, 0.1) is 11.1 Å². The second kappa shape index (κ2) is 6.56. The van der Waals surface area contributed by atoms with Gasteiger partial charge in [0.2, 0.25) is 0 Å². The zero-order valence-electron chi connectivity index (χ0n) is 14.0. The monoisotopic (exact) mass is 354 g/mol. The van der Waals surface area contributed by atoms with E-state index >= 15 is 0 Å². The number of hydrogen-bond donors (Lipinski definition) is 1. The maximum atomic E-state index is 13.7. The Kier molecular flexibility index (Phi) is 4.25. The number of nitrogens with one attached hydrogen (secondary N) is 1. The second-order valence-electron chi connectivity index (χ2n) is 6.66. The molecule has 3 nitrogen and oxygen atoms in total. The molecule has 25 heavy (non-hydrogen) atoms. The zero-order valence-corrected chi connectivity index (χ0v) is 14.8. The predicted molar refractivity (Wildman–Crippen MR) is 98.7 cm³/mol. The van der Waals surface area contributed by atoms with Crippen molar-refractivity contribution in [2.75, 3.05) is 6.54 Å². The standard InChI is InChI=1S/C20H19FN2OS/c1-12(19-3-2-8-25-19)11-22-20(24)16-10-18(13-4-5-13)23-17-7-6-14(21)9-15(16)17/h2-3,6-10,12-13H,4-5,11H2,1H3,(H,22,24). The van der Waals surface area contributed by atoms with Crippen molar-refractivity contribution in [1.82, 2.24) is 10.3 Å². The predicted octanol–water partition coefficient (Wildman–Crippen LogP) is 4.85. The first-order valence-electron chi connectivity index (χ1n) is 8.53. The highest BCUT2D eigenvalue weighted by atomic mass is 32.1. The first-order chi connectivity index (χ1) is 12.1. The van der Waals surface area contributed by atoms with Gasteiger partial charge in [-0.2, -0.15) is 0 Å². The second-order valence-corrected chi connectivity index (χ2v) is 7.64. The van der Waals surface area contributed by atoms with Gasteiger partial charge in [-0.15, -0.1) is 11.3 Å². The Morgan fingerprint density at radius 3 is 2.92 bits per heavy atom. The highest BCUT2D eigenvalue weighted by Crippen LogP contribution is 2.40. The molecule has 1 unspecified atom stereocenters. The molecular formula is C20H19FN2OS. The van der Waals surface area contributed by atoms with Crippen molar-refractivity contribution < 1.29 is 9.18 Å². The highest BCUT2D eigenvalue weighted by Gasteiger charge is 2.27. The van der Waals surface area contributed by atoms with Crippen LogP contribution < -0.4 is 5.32 Å². The molecule has 1 aromatic carbocycles. The summed E-state index contributed by atoms with van der Waals surface area (Å²) in [6.45, 7) is 2.64. The van der Waals surface area contributed by atoms with Gasteiger partial charge in [-0.3, -0.25) is 9.78 Å². The minimum atomic E-state index is -0.352. The molecule has 0 radical (unpaired) electrons. The van der Waals surface area contributed by atoms with Gasteiger partial charge in [-0.1, -0.05) is 13.0 Å². The number of fused-ring (bicyclic) bond motifs is 1. The van der Waals surface area contributed by atoms with Crippen LogP contribution in [-0.2, 0) is 0 Å². The molecule has 1 fully saturated rings. The molecule has 3 aromatic rings. The Bertz CT molecular complexity index is 919. The number of thiophene rings is 1. The third-order valence-electron chi connectivity index (χ3n) is 4.63. The number of pyridine rings is 1. The van der Waals surface area contributed by atoms with Gasteiger partial charge in [0, 0.05) is 34.3 Å². The lowest BCUT2D eigenvalue weighted by atomic mass is 10.0. The summed E-state index contributed by atoms with van der Waals surface area (Å²) in [5.74, 6) is 0.167. The SMILES string of the molecule is CC(CNC(=O)c1cc(C2CC2)nc2ccc(F)cc12)c1cccs1. The van der Waals surface area contributed by atoms with E-state index in [1.54, 1.807) is 17.4 Å². The van der Waals surface area contributed by atoms with Gasteiger partial charge in [-0.05, 0) is 48.6 Å². The number of amides is 1. The molecule has 1 aliphatic carbocycles. The van der Waals surface area contributed by atoms with Crippen LogP contribution in [0.15, 0.2) is 41.8 Å². The summed E-state index contributed by atoms with van der Waals surface area (Å²) in [6, 6.07) is 10.4. The lowest BCUT2D eigenvalue weighted by Crippen LogP contribution is -2.27. The maximum Gasteiger partial charge on any atom is 0.252 e. The summed E-state index contributed by atoms with van der Waals surface area (Å²) in [5, 5.41) is 5.61. The topological polar surface area (TPSA) is 42.0 Å². The molecule has 5 heteroatoms. The summed E-state index contributed by atoms with van der Waals surface area (Å²) in [4.78, 5) is 18.6. The number of halogens is 1. The molecule has 128 valence electrons. The Hall–Kier alpha value is -2.27. The van der Waals surface area contributed by atoms with Gasteiger partial charge in [0.25, 0.3) is 5.91 Å². The first kappa shape index (κ1) is 16.2. The highest BCUT2D eigenvalue weighted by molar-refractivity contribution is 7.10. The van der Waals surface area contributed by atoms with Crippen LogP contribution >= 0.6 is 11.3 Å². The molecule has 2 aromatic heterocycles. The van der Waals surface area contributed by atoms with Crippen LogP contribution in [0.2, 0.25) is 0 Å². The zero-order chi connectivity index (χ0) is 17.4. The van der Waals surface area contributed by atoms with Crippen molar-refractivity contribution in [3.63, 3.8) is 0 Å². The van der Waals surface area contributed by atoms with Crippen molar-refractivity contribution in [3.05, 3.63) is 63.7 Å². The number of benzene rings is 1. The lowest BCUT2D eigenvalue weighted by Gasteiger charge is -2.13. The van der Waals surface area contributed by atoms with Crippen LogP contribution in [0.5, 0.6) is 0 Å². The number of rotatable bonds is 5. The van der Waals surface area contributed by atoms with Crippen molar-refractivity contribution >= 4 is 28.1 Å². The third kappa shape index (κ3) is 3.42. The van der Waals surface area contributed by atoms with Crippen LogP contribution in [0.1, 0.15) is 52.5 Å². The summed E-state index contributed by atoms with van der Waals surface area (Å²) in [6.07, 6.45) is 2.21. The number of nitrogens with zero attached hydrogens (tertiary/aromatic N) is 1. The molecule has 2 heterocycles. The molecule has 0 aliphatic heterocycles. The van der Waals surface area contributed by atoms with E-state index in [-0.39, 0.29) is 17.6 Å². The molecular weight excluding hydrogens is 335 g/mol. The van der Waals surface area contributed by atoms with Gasteiger partial charge in [0.1, 0.15) is 5.82 Å². The van der Waals surface area contributed by atoms with Crippen molar-refractivity contribution in [2.24, 2.45) is 0 Å². The minimum absolute atomic E-state index is 0.164. The molecule has 1 saturated carbocycles. The molecule has 1 atom stereocenters. The Balaban J connectivity index is 1.62. The molecule has 0 spiro atoms. The molecule has 0 bridgehead atoms. The Morgan fingerprint density at radius 2 is 2.20 bits per heavy atom. The van der Waals surface area contributed by atoms with E-state index in [4.69, 9.17) is 0 Å². The van der Waals surface area contributed by atoms with Crippen molar-refractivity contribution in [2.45, 2.75) is 31.6 Å². The normalized spacial score (nSPS) is 15.3. The van der Waals surface area contributed by atoms with Gasteiger partial charge >= 0.3 is 0 Å². The van der Waals surface area contributed by atoms with E-state index in [2.05, 4.69) is 23.3 Å². The summed E-state index contributed by atoms with van der Waals surface area (Å²) >= 11 is 1.69. The van der Waals surface area contributed by atoms with Crippen molar-refractivity contribution in [3.8, 4) is 0 Å². The smallest absolute Gasteiger partial charge is 0.252 e. The quantitative estimate of drug-likeness (QED) is 0.712. The number of carbonyl (C=O) groups is 1. The summed E-state index contributed by atoms with van der Waals surface area (Å²) < 4.78 is 13.7. The van der Waals surface area contributed by atoms with Crippen LogP contribution in [0.25, 0.3) is 10.9 Å². The van der Waals surface area contributed by atoms with E-state index in [1.165, 1.54) is 17.0 Å². The molecule has 1 N–H and O–H groups in total. The third-order valence-corrected chi connectivity index (χ3v) is 5.73. The van der Waals surface area contributed by atoms with E-state index in [0.717, 1.165) is 18.5 Å². The van der Waals surface area contributed by atoms with E-state index in [1.807, 2.05) is 17.5 Å². The number of aromatic nitrogens is 1. The molecule has 1 aliphatic rings. The maximum absolute atomic E-state index is 13.7. The van der Waals surface area contributed by atoms with Crippen LogP contribution in [0, 0.1) is 5.82 Å². The van der Waals surface area contributed by atoms with E-state index in [0.29, 0.717) is 28.9 Å². The first-order valence-corrected chi connectivity index (χ1v) is 9.41. The number of hydrogen-bond acceptors (Lipinski definition) is 3. The molecule has 4 rings (SSSR count). The van der Waals surface area contributed by atoms with Gasteiger partial charge < -0.3 is 5.32 Å². The fraction of sp³-hybridized carbons (Fsp3) is 0.300. The average Bonchev–Trinajstić information content (AvgIpc) is 3.32. The van der Waals surface area contributed by atoms with E-state index in [9.17, 15) is 9.18 Å². The lowest BCUT2D eigenvalue weighted by molar-refractivity contribution is 0.0953. The minimum Gasteiger partial charge on any atom is -0.351 e. The van der Waals surface area contributed by atoms with Crippen LogP contribution in [-0.4, -0.2) is 17.4 Å². The van der Waals surface area contributed by atoms with Crippen molar-refractivity contribution in [1.29, 1.82) is 0 Å². The van der Waals surface area contributed by atoms with Crippen LogP contribution in [0.4, 0.5) is 4.39 Å². The fourth-order valence-electron chi connectivity index (χ4n) is 3.01. The fourth-order valence-corrected chi connectivity index (χ4v) is 3.79. The van der Waals surface area contributed by atoms with E-state index < -0.39 is 0 Å². The Labute approximate surface area is 149 Å². The van der Waals surface area contributed by atoms with Crippen LogP contribution in [0.3, 0.4) is 0 Å². The van der Waals surface area contributed by atoms with Gasteiger partial charge in [-0.25, -0.2) is 4.39 Å². The molecule has 1 amide bonds. The molecule has 0 saturated heterocycles.